The van der Waals surface area contributed by atoms with Crippen LogP contribution in [0.3, 0.4) is 0 Å². The molecule has 0 aliphatic carbocycles. The second-order valence-corrected chi connectivity index (χ2v) is 8.43. The van der Waals surface area contributed by atoms with Gasteiger partial charge in [-0.2, -0.15) is 4.98 Å². The van der Waals surface area contributed by atoms with Crippen molar-refractivity contribution >= 4 is 39.3 Å². The van der Waals surface area contributed by atoms with Gasteiger partial charge in [0.2, 0.25) is 11.8 Å². The molecule has 0 saturated heterocycles. The average molecular weight is 428 g/mol. The highest BCUT2D eigenvalue weighted by Crippen LogP contribution is 2.33. The Morgan fingerprint density at radius 1 is 1.21 bits per heavy atom. The van der Waals surface area contributed by atoms with Gasteiger partial charge in [0.15, 0.2) is 0 Å². The zero-order valence-corrected chi connectivity index (χ0v) is 17.5. The normalized spacial score (nSPS) is 11.2. The van der Waals surface area contributed by atoms with Crippen molar-refractivity contribution in [2.75, 3.05) is 19.5 Å². The lowest BCUT2D eigenvalue weighted by molar-refractivity contribution is 0.0602. The first-order chi connectivity index (χ1) is 13.1. The van der Waals surface area contributed by atoms with Gasteiger partial charge in [0.25, 0.3) is 10.0 Å². The third-order valence-corrected chi connectivity index (χ3v) is 6.06. The Bertz CT molecular complexity index is 1000. The molecule has 2 rings (SSSR count). The minimum absolute atomic E-state index is 0.111. The number of aryl methyl sites for hydroxylation is 1. The molecule has 2 aromatic rings. The van der Waals surface area contributed by atoms with Crippen LogP contribution in [0.15, 0.2) is 16.3 Å². The maximum absolute atomic E-state index is 12.8. The molecule has 2 aromatic heterocycles. The number of nitrogens with zero attached hydrogens (tertiary/aromatic N) is 2. The third kappa shape index (κ3) is 4.75. The molecular formula is C16H20N4O6S2. The summed E-state index contributed by atoms with van der Waals surface area (Å²) in [6, 6.07) is 0.465. The highest BCUT2D eigenvalue weighted by molar-refractivity contribution is 7.90. The van der Waals surface area contributed by atoms with E-state index < -0.39 is 22.0 Å². The third-order valence-electron chi connectivity index (χ3n) is 3.53. The predicted molar refractivity (Wildman–Crippen MR) is 102 cm³/mol. The van der Waals surface area contributed by atoms with Gasteiger partial charge in [-0.1, -0.05) is 13.8 Å². The fourth-order valence-electron chi connectivity index (χ4n) is 2.27. The summed E-state index contributed by atoms with van der Waals surface area (Å²) in [6.07, 6.45) is 0. The average Bonchev–Trinajstić information content (AvgIpc) is 3.06. The van der Waals surface area contributed by atoms with E-state index >= 15 is 0 Å². The highest BCUT2D eigenvalue weighted by atomic mass is 32.2. The summed E-state index contributed by atoms with van der Waals surface area (Å²) in [5.74, 6) is -0.927. The van der Waals surface area contributed by atoms with Gasteiger partial charge in [-0.3, -0.25) is 5.32 Å². The van der Waals surface area contributed by atoms with Crippen LogP contribution in [0.1, 0.15) is 40.7 Å². The van der Waals surface area contributed by atoms with Crippen molar-refractivity contribution in [1.29, 1.82) is 0 Å². The van der Waals surface area contributed by atoms with Gasteiger partial charge >= 0.3 is 12.0 Å². The molecular weight excluding hydrogens is 408 g/mol. The number of methoxy groups -OCH3 is 2. The quantitative estimate of drug-likeness (QED) is 0.669. The first-order valence-electron chi connectivity index (χ1n) is 8.02. The van der Waals surface area contributed by atoms with E-state index in [-0.39, 0.29) is 27.5 Å². The number of urea groups is 1. The number of carbonyl (C=O) groups excluding carboxylic acids is 2. The number of thiophene rings is 1. The van der Waals surface area contributed by atoms with Crippen LogP contribution in [0.5, 0.6) is 5.88 Å². The molecule has 0 aliphatic rings. The molecule has 0 aliphatic heterocycles. The number of amides is 2. The molecule has 2 heterocycles. The van der Waals surface area contributed by atoms with Crippen LogP contribution < -0.4 is 14.8 Å². The zero-order valence-electron chi connectivity index (χ0n) is 15.9. The lowest BCUT2D eigenvalue weighted by Gasteiger charge is -2.12. The molecule has 0 radical (unpaired) electrons. The van der Waals surface area contributed by atoms with E-state index in [0.717, 1.165) is 18.4 Å². The molecule has 152 valence electrons. The number of hydrogen-bond acceptors (Lipinski definition) is 9. The van der Waals surface area contributed by atoms with Gasteiger partial charge in [0, 0.05) is 11.8 Å². The molecule has 0 aromatic carbocycles. The Balaban J connectivity index is 2.33. The maximum Gasteiger partial charge on any atom is 0.349 e. The first-order valence-corrected chi connectivity index (χ1v) is 10.4. The monoisotopic (exact) mass is 428 g/mol. The Morgan fingerprint density at radius 2 is 1.89 bits per heavy atom. The Hall–Kier alpha value is -2.73. The molecule has 0 fully saturated rings. The van der Waals surface area contributed by atoms with Crippen molar-refractivity contribution in [3.05, 3.63) is 27.6 Å². The van der Waals surface area contributed by atoms with Crippen LogP contribution in [-0.4, -0.2) is 44.6 Å². The topological polar surface area (TPSA) is 137 Å². The number of aromatic nitrogens is 2. The van der Waals surface area contributed by atoms with E-state index in [2.05, 4.69) is 20.0 Å². The predicted octanol–water partition coefficient (Wildman–Crippen LogP) is 2.28. The van der Waals surface area contributed by atoms with Gasteiger partial charge < -0.3 is 9.47 Å². The number of ether oxygens (including phenoxy) is 2. The first kappa shape index (κ1) is 21.6. The lowest BCUT2D eigenvalue weighted by Crippen LogP contribution is -2.36. The van der Waals surface area contributed by atoms with Crippen molar-refractivity contribution in [2.24, 2.45) is 0 Å². The second kappa shape index (κ2) is 8.52. The number of nitrogens with one attached hydrogen (secondary N) is 2. The van der Waals surface area contributed by atoms with Crippen LogP contribution in [0.2, 0.25) is 0 Å². The van der Waals surface area contributed by atoms with Crippen molar-refractivity contribution < 1.29 is 27.5 Å². The van der Waals surface area contributed by atoms with Crippen LogP contribution in [0, 0.1) is 6.92 Å². The standard InChI is InChI=1S/C16H20N4O6S2/c1-8(2)10-7-27-12(14(21)26-5)13(10)28(23,24)20-16(22)19-15-17-9(3)6-11(18-15)25-4/h6-8H,1-5H3,(H2,17,18,19,20,22). The Morgan fingerprint density at radius 3 is 2.46 bits per heavy atom. The molecule has 0 unspecified atom stereocenters. The molecule has 2 amide bonds. The molecule has 12 heteroatoms. The fraction of sp³-hybridized carbons (Fsp3) is 0.375. The van der Waals surface area contributed by atoms with Crippen LogP contribution in [-0.2, 0) is 14.8 Å². The number of rotatable bonds is 6. The Kier molecular flexibility index (Phi) is 6.56. The number of anilines is 1. The van der Waals surface area contributed by atoms with Gasteiger partial charge in [0.05, 0.1) is 14.2 Å². The summed E-state index contributed by atoms with van der Waals surface area (Å²) in [5, 5.41) is 3.80. The molecule has 10 nitrogen and oxygen atoms in total. The summed E-state index contributed by atoms with van der Waals surface area (Å²) in [6.45, 7) is 5.21. The van der Waals surface area contributed by atoms with E-state index in [1.807, 2.05) is 4.72 Å². The van der Waals surface area contributed by atoms with E-state index in [1.165, 1.54) is 7.11 Å². The number of carbonyl (C=O) groups is 2. The minimum atomic E-state index is -4.36. The SMILES string of the molecule is COC(=O)c1scc(C(C)C)c1S(=O)(=O)NC(=O)Nc1nc(C)cc(OC)n1. The van der Waals surface area contributed by atoms with Gasteiger partial charge in [-0.25, -0.2) is 27.7 Å². The summed E-state index contributed by atoms with van der Waals surface area (Å²) < 4.78 is 37.1. The van der Waals surface area contributed by atoms with Crippen molar-refractivity contribution in [2.45, 2.75) is 31.6 Å². The van der Waals surface area contributed by atoms with Crippen molar-refractivity contribution in [3.8, 4) is 5.88 Å². The largest absolute Gasteiger partial charge is 0.481 e. The lowest BCUT2D eigenvalue weighted by atomic mass is 10.1. The van der Waals surface area contributed by atoms with E-state index in [0.29, 0.717) is 11.3 Å². The van der Waals surface area contributed by atoms with E-state index in [1.54, 1.807) is 32.2 Å². The highest BCUT2D eigenvalue weighted by Gasteiger charge is 2.31. The van der Waals surface area contributed by atoms with Gasteiger partial charge in [-0.05, 0) is 23.8 Å². The van der Waals surface area contributed by atoms with Crippen molar-refractivity contribution in [3.63, 3.8) is 0 Å². The molecule has 0 bridgehead atoms. The maximum atomic E-state index is 12.8. The van der Waals surface area contributed by atoms with Crippen molar-refractivity contribution in [1.82, 2.24) is 14.7 Å². The fourth-order valence-corrected chi connectivity index (χ4v) is 5.19. The number of sulfonamides is 1. The number of hydrogen-bond donors (Lipinski definition) is 2. The van der Waals surface area contributed by atoms with Gasteiger partial charge in [0.1, 0.15) is 9.77 Å². The molecule has 0 saturated carbocycles. The zero-order chi connectivity index (χ0) is 21.1. The van der Waals surface area contributed by atoms with Gasteiger partial charge in [-0.15, -0.1) is 11.3 Å². The summed E-state index contributed by atoms with van der Waals surface area (Å²) in [5.41, 5.74) is 0.914. The van der Waals surface area contributed by atoms with Crippen LogP contribution in [0.25, 0.3) is 0 Å². The summed E-state index contributed by atoms with van der Waals surface area (Å²) in [7, 11) is -1.82. The molecule has 2 N–H and O–H groups in total. The second-order valence-electron chi connectivity index (χ2n) is 5.93. The van der Waals surface area contributed by atoms with E-state index in [9.17, 15) is 18.0 Å². The summed E-state index contributed by atoms with van der Waals surface area (Å²) >= 11 is 0.935. The minimum Gasteiger partial charge on any atom is -0.481 e. The van der Waals surface area contributed by atoms with E-state index in [4.69, 9.17) is 4.74 Å². The van der Waals surface area contributed by atoms with Crippen LogP contribution in [0.4, 0.5) is 10.7 Å². The number of esters is 1. The Labute approximate surface area is 166 Å². The molecule has 0 spiro atoms. The molecule has 28 heavy (non-hydrogen) atoms. The smallest absolute Gasteiger partial charge is 0.349 e. The summed E-state index contributed by atoms with van der Waals surface area (Å²) in [4.78, 5) is 31.7. The molecule has 0 atom stereocenters. The van der Waals surface area contributed by atoms with Crippen LogP contribution >= 0.6 is 11.3 Å².